The minimum absolute atomic E-state index is 0.174. The summed E-state index contributed by atoms with van der Waals surface area (Å²) < 4.78 is 12.0. The molecule has 0 fully saturated rings. The SMILES string of the molecule is COC(=O)c1ccc(-c2cc(C)n(Cc3ccccc3)n2)o1. The fraction of sp³-hybridized carbons (Fsp3) is 0.176. The molecule has 1 aromatic carbocycles. The molecule has 2 heterocycles. The van der Waals surface area contributed by atoms with Gasteiger partial charge in [0.15, 0.2) is 5.76 Å². The summed E-state index contributed by atoms with van der Waals surface area (Å²) in [6, 6.07) is 15.4. The number of rotatable bonds is 4. The number of hydrogen-bond acceptors (Lipinski definition) is 4. The van der Waals surface area contributed by atoms with Crippen LogP contribution < -0.4 is 0 Å². The van der Waals surface area contributed by atoms with Crippen molar-refractivity contribution in [3.05, 3.63) is 65.5 Å². The number of carbonyl (C=O) groups excluding carboxylic acids is 1. The molecule has 3 aromatic rings. The number of esters is 1. The molecular weight excluding hydrogens is 280 g/mol. The molecule has 0 amide bonds. The first-order valence-electron chi connectivity index (χ1n) is 6.94. The van der Waals surface area contributed by atoms with Crippen LogP contribution in [0.1, 0.15) is 21.8 Å². The third kappa shape index (κ3) is 2.79. The van der Waals surface area contributed by atoms with Gasteiger partial charge in [0.05, 0.1) is 13.7 Å². The molecule has 0 atom stereocenters. The number of nitrogens with zero attached hydrogens (tertiary/aromatic N) is 2. The van der Waals surface area contributed by atoms with Gasteiger partial charge in [0.2, 0.25) is 5.76 Å². The number of methoxy groups -OCH3 is 1. The van der Waals surface area contributed by atoms with E-state index < -0.39 is 5.97 Å². The minimum atomic E-state index is -0.494. The number of benzene rings is 1. The second kappa shape index (κ2) is 5.89. The first-order chi connectivity index (χ1) is 10.7. The van der Waals surface area contributed by atoms with Crippen LogP contribution in [0.25, 0.3) is 11.5 Å². The molecule has 0 unspecified atom stereocenters. The van der Waals surface area contributed by atoms with E-state index in [0.29, 0.717) is 18.0 Å². The molecule has 0 aliphatic carbocycles. The van der Waals surface area contributed by atoms with Crippen molar-refractivity contribution in [1.29, 1.82) is 0 Å². The van der Waals surface area contributed by atoms with Crippen molar-refractivity contribution in [1.82, 2.24) is 9.78 Å². The molecule has 0 saturated heterocycles. The molecule has 5 nitrogen and oxygen atoms in total. The summed E-state index contributed by atoms with van der Waals surface area (Å²) in [6.07, 6.45) is 0. The second-order valence-corrected chi connectivity index (χ2v) is 4.97. The van der Waals surface area contributed by atoms with E-state index in [4.69, 9.17) is 4.42 Å². The van der Waals surface area contributed by atoms with Gasteiger partial charge in [0.25, 0.3) is 0 Å². The van der Waals surface area contributed by atoms with E-state index in [0.717, 1.165) is 5.69 Å². The van der Waals surface area contributed by atoms with Crippen LogP contribution >= 0.6 is 0 Å². The Morgan fingerprint density at radius 3 is 2.73 bits per heavy atom. The van der Waals surface area contributed by atoms with E-state index in [1.165, 1.54) is 12.7 Å². The van der Waals surface area contributed by atoms with Crippen LogP contribution in [-0.4, -0.2) is 22.9 Å². The van der Waals surface area contributed by atoms with Gasteiger partial charge in [0.1, 0.15) is 5.69 Å². The van der Waals surface area contributed by atoms with Crippen LogP contribution in [0.4, 0.5) is 0 Å². The van der Waals surface area contributed by atoms with Crippen LogP contribution in [0.3, 0.4) is 0 Å². The topological polar surface area (TPSA) is 57.3 Å². The summed E-state index contributed by atoms with van der Waals surface area (Å²) in [6.45, 7) is 2.68. The van der Waals surface area contributed by atoms with Crippen molar-refractivity contribution >= 4 is 5.97 Å². The monoisotopic (exact) mass is 296 g/mol. The highest BCUT2D eigenvalue weighted by molar-refractivity contribution is 5.86. The molecule has 0 aliphatic rings. The highest BCUT2D eigenvalue weighted by atomic mass is 16.5. The maximum atomic E-state index is 11.4. The maximum Gasteiger partial charge on any atom is 0.373 e. The predicted octanol–water partition coefficient (Wildman–Crippen LogP) is 3.29. The first kappa shape index (κ1) is 14.1. The Kier molecular flexibility index (Phi) is 3.78. The highest BCUT2D eigenvalue weighted by Crippen LogP contribution is 2.22. The van der Waals surface area contributed by atoms with E-state index in [9.17, 15) is 4.79 Å². The number of aromatic nitrogens is 2. The summed E-state index contributed by atoms with van der Waals surface area (Å²) in [5.41, 5.74) is 2.90. The van der Waals surface area contributed by atoms with Gasteiger partial charge in [-0.15, -0.1) is 0 Å². The van der Waals surface area contributed by atoms with E-state index in [1.54, 1.807) is 12.1 Å². The lowest BCUT2D eigenvalue weighted by Crippen LogP contribution is -2.03. The smallest absolute Gasteiger partial charge is 0.373 e. The molecule has 5 heteroatoms. The van der Waals surface area contributed by atoms with Crippen LogP contribution in [-0.2, 0) is 11.3 Å². The van der Waals surface area contributed by atoms with E-state index >= 15 is 0 Å². The van der Waals surface area contributed by atoms with Gasteiger partial charge in [-0.25, -0.2) is 4.79 Å². The number of carbonyl (C=O) groups is 1. The quantitative estimate of drug-likeness (QED) is 0.693. The van der Waals surface area contributed by atoms with Crippen molar-refractivity contribution in [2.45, 2.75) is 13.5 Å². The number of ether oxygens (including phenoxy) is 1. The molecule has 0 saturated carbocycles. The normalized spacial score (nSPS) is 10.6. The summed E-state index contributed by atoms with van der Waals surface area (Å²) >= 11 is 0. The molecule has 22 heavy (non-hydrogen) atoms. The Morgan fingerprint density at radius 1 is 1.23 bits per heavy atom. The third-order valence-electron chi connectivity index (χ3n) is 3.40. The average Bonchev–Trinajstić information content (AvgIpc) is 3.15. The zero-order valence-electron chi connectivity index (χ0n) is 12.4. The largest absolute Gasteiger partial charge is 0.463 e. The fourth-order valence-corrected chi connectivity index (χ4v) is 2.23. The van der Waals surface area contributed by atoms with Crippen molar-refractivity contribution in [2.24, 2.45) is 0 Å². The molecule has 0 radical (unpaired) electrons. The number of furan rings is 1. The summed E-state index contributed by atoms with van der Waals surface area (Å²) in [4.78, 5) is 11.4. The Balaban J connectivity index is 1.86. The molecule has 2 aromatic heterocycles. The van der Waals surface area contributed by atoms with Crippen LogP contribution in [0.15, 0.2) is 52.9 Å². The van der Waals surface area contributed by atoms with E-state index in [2.05, 4.69) is 22.0 Å². The molecule has 0 bridgehead atoms. The van der Waals surface area contributed by atoms with Crippen molar-refractivity contribution < 1.29 is 13.9 Å². The van der Waals surface area contributed by atoms with Crippen LogP contribution in [0.5, 0.6) is 0 Å². The van der Waals surface area contributed by atoms with Crippen molar-refractivity contribution in [2.75, 3.05) is 7.11 Å². The lowest BCUT2D eigenvalue weighted by atomic mass is 10.2. The Labute approximate surface area is 128 Å². The van der Waals surface area contributed by atoms with Crippen LogP contribution in [0.2, 0.25) is 0 Å². The summed E-state index contributed by atoms with van der Waals surface area (Å²) in [5.74, 6) is 0.231. The number of aryl methyl sites for hydroxylation is 1. The van der Waals surface area contributed by atoms with Gasteiger partial charge in [-0.1, -0.05) is 30.3 Å². The lowest BCUT2D eigenvalue weighted by molar-refractivity contribution is 0.0566. The molecule has 3 rings (SSSR count). The molecule has 0 aliphatic heterocycles. The van der Waals surface area contributed by atoms with Gasteiger partial charge >= 0.3 is 5.97 Å². The highest BCUT2D eigenvalue weighted by Gasteiger charge is 2.15. The lowest BCUT2D eigenvalue weighted by Gasteiger charge is -2.03. The van der Waals surface area contributed by atoms with Crippen LogP contribution in [0, 0.1) is 6.92 Å². The standard InChI is InChI=1S/C17H16N2O3/c1-12-10-14(15-8-9-16(22-15)17(20)21-2)18-19(12)11-13-6-4-3-5-7-13/h3-10H,11H2,1-2H3. The minimum Gasteiger partial charge on any atom is -0.463 e. The van der Waals surface area contributed by atoms with E-state index in [-0.39, 0.29) is 5.76 Å². The molecule has 0 N–H and O–H groups in total. The van der Waals surface area contributed by atoms with Crippen molar-refractivity contribution in [3.63, 3.8) is 0 Å². The van der Waals surface area contributed by atoms with Gasteiger partial charge in [0, 0.05) is 5.69 Å². The molecule has 112 valence electrons. The van der Waals surface area contributed by atoms with Crippen molar-refractivity contribution in [3.8, 4) is 11.5 Å². The predicted molar refractivity (Wildman–Crippen MR) is 81.5 cm³/mol. The third-order valence-corrected chi connectivity index (χ3v) is 3.40. The Morgan fingerprint density at radius 2 is 2.00 bits per heavy atom. The second-order valence-electron chi connectivity index (χ2n) is 4.97. The average molecular weight is 296 g/mol. The summed E-state index contributed by atoms with van der Waals surface area (Å²) in [7, 11) is 1.32. The first-order valence-corrected chi connectivity index (χ1v) is 6.94. The molecule has 0 spiro atoms. The zero-order valence-corrected chi connectivity index (χ0v) is 12.4. The van der Waals surface area contributed by atoms with Gasteiger partial charge in [-0.2, -0.15) is 5.10 Å². The fourth-order valence-electron chi connectivity index (χ4n) is 2.23. The van der Waals surface area contributed by atoms with Gasteiger partial charge < -0.3 is 9.15 Å². The Bertz CT molecular complexity index is 787. The number of hydrogen-bond donors (Lipinski definition) is 0. The zero-order chi connectivity index (χ0) is 15.5. The molecular formula is C17H16N2O3. The van der Waals surface area contributed by atoms with Gasteiger partial charge in [-0.05, 0) is 30.7 Å². The van der Waals surface area contributed by atoms with E-state index in [1.807, 2.05) is 35.9 Å². The Hall–Kier alpha value is -2.82. The maximum absolute atomic E-state index is 11.4. The van der Waals surface area contributed by atoms with Gasteiger partial charge in [-0.3, -0.25) is 4.68 Å². The summed E-state index contributed by atoms with van der Waals surface area (Å²) in [5, 5.41) is 4.54.